The van der Waals surface area contributed by atoms with E-state index in [1.807, 2.05) is 4.68 Å². The molecule has 0 spiro atoms. The molecule has 1 aromatic heterocycles. The summed E-state index contributed by atoms with van der Waals surface area (Å²) in [5.74, 6) is 1.04. The molecule has 1 saturated carbocycles. The third-order valence-corrected chi connectivity index (χ3v) is 4.49. The molecule has 1 aliphatic carbocycles. The van der Waals surface area contributed by atoms with E-state index in [9.17, 15) is 4.39 Å². The van der Waals surface area contributed by atoms with Crippen LogP contribution < -0.4 is 5.73 Å². The Morgan fingerprint density at radius 3 is 2.76 bits per heavy atom. The minimum Gasteiger partial charge on any atom is -0.398 e. The molecule has 112 valence electrons. The Morgan fingerprint density at radius 2 is 2.05 bits per heavy atom. The van der Waals surface area contributed by atoms with Gasteiger partial charge in [0.05, 0.1) is 6.04 Å². The molecule has 2 aromatic rings. The Kier molecular flexibility index (Phi) is 3.86. The molecule has 0 bridgehead atoms. The molecule has 3 rings (SSSR count). The minimum absolute atomic E-state index is 0.278. The summed E-state index contributed by atoms with van der Waals surface area (Å²) in [6, 6.07) is 4.58. The molecule has 5 nitrogen and oxygen atoms in total. The zero-order chi connectivity index (χ0) is 14.8. The van der Waals surface area contributed by atoms with Crippen LogP contribution in [0.15, 0.2) is 18.2 Å². The van der Waals surface area contributed by atoms with Crippen molar-refractivity contribution in [2.24, 2.45) is 5.92 Å². The summed E-state index contributed by atoms with van der Waals surface area (Å²) in [7, 11) is 0. The maximum absolute atomic E-state index is 13.5. The Hall–Kier alpha value is -1.98. The number of halogens is 1. The number of tetrazole rings is 1. The van der Waals surface area contributed by atoms with Gasteiger partial charge < -0.3 is 5.73 Å². The van der Waals surface area contributed by atoms with Crippen molar-refractivity contribution in [1.29, 1.82) is 0 Å². The highest BCUT2D eigenvalue weighted by molar-refractivity contribution is 5.71. The van der Waals surface area contributed by atoms with Gasteiger partial charge in [-0.15, -0.1) is 5.10 Å². The van der Waals surface area contributed by atoms with Crippen LogP contribution in [-0.4, -0.2) is 20.2 Å². The van der Waals surface area contributed by atoms with Crippen molar-refractivity contribution >= 4 is 5.69 Å². The van der Waals surface area contributed by atoms with Gasteiger partial charge in [0.15, 0.2) is 5.82 Å². The number of nitrogens with zero attached hydrogens (tertiary/aromatic N) is 4. The van der Waals surface area contributed by atoms with E-state index in [4.69, 9.17) is 5.73 Å². The fraction of sp³-hybridized carbons (Fsp3) is 0.533. The molecule has 0 amide bonds. The van der Waals surface area contributed by atoms with Crippen LogP contribution in [0.5, 0.6) is 0 Å². The van der Waals surface area contributed by atoms with Gasteiger partial charge >= 0.3 is 0 Å². The number of benzene rings is 1. The summed E-state index contributed by atoms with van der Waals surface area (Å²) in [6.07, 6.45) is 5.74. The second-order valence-corrected chi connectivity index (χ2v) is 5.76. The van der Waals surface area contributed by atoms with Crippen molar-refractivity contribution in [1.82, 2.24) is 20.2 Å². The molecular formula is C15H20FN5. The lowest BCUT2D eigenvalue weighted by Gasteiger charge is -2.28. The largest absolute Gasteiger partial charge is 0.398 e. The third kappa shape index (κ3) is 2.75. The van der Waals surface area contributed by atoms with E-state index < -0.39 is 0 Å². The molecule has 21 heavy (non-hydrogen) atoms. The number of aromatic nitrogens is 4. The number of nitrogens with two attached hydrogens (primary N) is 1. The maximum Gasteiger partial charge on any atom is 0.184 e. The smallest absolute Gasteiger partial charge is 0.184 e. The van der Waals surface area contributed by atoms with E-state index in [1.54, 1.807) is 6.07 Å². The lowest BCUT2D eigenvalue weighted by molar-refractivity contribution is 0.255. The van der Waals surface area contributed by atoms with E-state index in [0.717, 1.165) is 18.8 Å². The van der Waals surface area contributed by atoms with Crippen LogP contribution in [0.1, 0.15) is 45.1 Å². The van der Waals surface area contributed by atoms with Crippen molar-refractivity contribution in [3.63, 3.8) is 0 Å². The molecule has 1 heterocycles. The zero-order valence-corrected chi connectivity index (χ0v) is 12.2. The van der Waals surface area contributed by atoms with Gasteiger partial charge in [-0.05, 0) is 60.2 Å². The van der Waals surface area contributed by atoms with Gasteiger partial charge in [0.2, 0.25) is 0 Å². The number of rotatable bonds is 3. The summed E-state index contributed by atoms with van der Waals surface area (Å²) in [5.41, 5.74) is 7.01. The Labute approximate surface area is 123 Å². The summed E-state index contributed by atoms with van der Waals surface area (Å²) >= 11 is 0. The average molecular weight is 289 g/mol. The van der Waals surface area contributed by atoms with Gasteiger partial charge in [0, 0.05) is 11.3 Å². The van der Waals surface area contributed by atoms with Crippen LogP contribution in [0.25, 0.3) is 11.4 Å². The van der Waals surface area contributed by atoms with E-state index in [1.165, 1.54) is 31.4 Å². The fourth-order valence-electron chi connectivity index (χ4n) is 3.14. The van der Waals surface area contributed by atoms with Gasteiger partial charge in [-0.25, -0.2) is 9.07 Å². The van der Waals surface area contributed by atoms with E-state index >= 15 is 0 Å². The van der Waals surface area contributed by atoms with Crippen LogP contribution in [0, 0.1) is 11.7 Å². The van der Waals surface area contributed by atoms with Crippen LogP contribution in [0.3, 0.4) is 0 Å². The average Bonchev–Trinajstić information content (AvgIpc) is 2.99. The Balaban J connectivity index is 1.89. The maximum atomic E-state index is 13.5. The second-order valence-electron chi connectivity index (χ2n) is 5.76. The van der Waals surface area contributed by atoms with E-state index in [0.29, 0.717) is 17.1 Å². The Morgan fingerprint density at radius 1 is 1.29 bits per heavy atom. The SMILES string of the molecule is CCC1CCC(n2nnnc2-c2cc(F)ccc2N)CC1. The van der Waals surface area contributed by atoms with Crippen molar-refractivity contribution in [3.05, 3.63) is 24.0 Å². The number of hydrogen-bond donors (Lipinski definition) is 1. The van der Waals surface area contributed by atoms with Crippen LogP contribution in [-0.2, 0) is 0 Å². The molecule has 6 heteroatoms. The van der Waals surface area contributed by atoms with Gasteiger partial charge in [-0.3, -0.25) is 0 Å². The van der Waals surface area contributed by atoms with E-state index in [-0.39, 0.29) is 11.9 Å². The van der Waals surface area contributed by atoms with Crippen molar-refractivity contribution in [2.45, 2.75) is 45.1 Å². The molecule has 0 unspecified atom stereocenters. The summed E-state index contributed by atoms with van der Waals surface area (Å²) in [4.78, 5) is 0. The summed E-state index contributed by atoms with van der Waals surface area (Å²) in [5, 5.41) is 11.9. The molecule has 0 radical (unpaired) electrons. The summed E-state index contributed by atoms with van der Waals surface area (Å²) < 4.78 is 15.3. The minimum atomic E-state index is -0.330. The number of anilines is 1. The first-order valence-electron chi connectivity index (χ1n) is 7.52. The van der Waals surface area contributed by atoms with Crippen molar-refractivity contribution in [3.8, 4) is 11.4 Å². The number of hydrogen-bond acceptors (Lipinski definition) is 4. The first-order chi connectivity index (χ1) is 10.2. The standard InChI is InChI=1S/C15H20FN5/c1-2-10-3-6-12(7-4-10)21-15(18-19-20-21)13-9-11(16)5-8-14(13)17/h5,8-10,12H,2-4,6-7,17H2,1H3. The van der Waals surface area contributed by atoms with E-state index in [2.05, 4.69) is 22.4 Å². The number of nitrogen functional groups attached to an aromatic ring is 1. The monoisotopic (exact) mass is 289 g/mol. The molecule has 0 aliphatic heterocycles. The van der Waals surface area contributed by atoms with Crippen LogP contribution in [0.4, 0.5) is 10.1 Å². The lowest BCUT2D eigenvalue weighted by Crippen LogP contribution is -2.20. The predicted molar refractivity (Wildman–Crippen MR) is 78.9 cm³/mol. The fourth-order valence-corrected chi connectivity index (χ4v) is 3.14. The topological polar surface area (TPSA) is 69.6 Å². The second kappa shape index (κ2) is 5.79. The van der Waals surface area contributed by atoms with Crippen molar-refractivity contribution in [2.75, 3.05) is 5.73 Å². The molecule has 0 saturated heterocycles. The van der Waals surface area contributed by atoms with Gasteiger partial charge in [0.25, 0.3) is 0 Å². The highest BCUT2D eigenvalue weighted by Gasteiger charge is 2.25. The predicted octanol–water partition coefficient (Wildman–Crippen LogP) is 3.20. The summed E-state index contributed by atoms with van der Waals surface area (Å²) in [6.45, 7) is 2.24. The molecule has 1 aliphatic rings. The van der Waals surface area contributed by atoms with Gasteiger partial charge in [0.1, 0.15) is 5.82 Å². The highest BCUT2D eigenvalue weighted by Crippen LogP contribution is 2.35. The molecule has 0 atom stereocenters. The molecule has 2 N–H and O–H groups in total. The van der Waals surface area contributed by atoms with Gasteiger partial charge in [-0.2, -0.15) is 0 Å². The first-order valence-corrected chi connectivity index (χ1v) is 7.52. The molecule has 1 fully saturated rings. The molecule has 1 aromatic carbocycles. The van der Waals surface area contributed by atoms with Crippen LogP contribution >= 0.6 is 0 Å². The normalized spacial score (nSPS) is 22.4. The quantitative estimate of drug-likeness (QED) is 0.881. The highest BCUT2D eigenvalue weighted by atomic mass is 19.1. The third-order valence-electron chi connectivity index (χ3n) is 4.49. The van der Waals surface area contributed by atoms with Crippen LogP contribution in [0.2, 0.25) is 0 Å². The van der Waals surface area contributed by atoms with Gasteiger partial charge in [-0.1, -0.05) is 13.3 Å². The zero-order valence-electron chi connectivity index (χ0n) is 12.2. The molecular weight excluding hydrogens is 269 g/mol. The van der Waals surface area contributed by atoms with Crippen molar-refractivity contribution < 1.29 is 4.39 Å². The Bertz CT molecular complexity index is 616. The first kappa shape index (κ1) is 14.0. The lowest BCUT2D eigenvalue weighted by atomic mass is 9.84.